The molecule has 4 nitrogen and oxygen atoms in total. The Kier molecular flexibility index (Phi) is 6.15. The number of amides is 1. The number of rotatable bonds is 6. The average Bonchev–Trinajstić information content (AvgIpc) is 3.10. The molecule has 1 aliphatic heterocycles. The molecular weight excluding hydrogens is 337 g/mol. The van der Waals surface area contributed by atoms with Crippen LogP contribution in [0.3, 0.4) is 0 Å². The van der Waals surface area contributed by atoms with Crippen LogP contribution in [0.15, 0.2) is 29.6 Å². The monoisotopic (exact) mass is 361 g/mol. The van der Waals surface area contributed by atoms with Crippen LogP contribution in [0.4, 0.5) is 4.39 Å². The van der Waals surface area contributed by atoms with Crippen molar-refractivity contribution < 1.29 is 9.18 Å². The summed E-state index contributed by atoms with van der Waals surface area (Å²) in [7, 11) is 0. The Morgan fingerprint density at radius 1 is 1.32 bits per heavy atom. The SMILES string of the molecule is CCNCC1CCN(C(=O)c2csc(Cc3ccc(F)cc3)n2)CC1. The van der Waals surface area contributed by atoms with Crippen LogP contribution in [-0.4, -0.2) is 42.0 Å². The first-order chi connectivity index (χ1) is 12.2. The molecular formula is C19H24FN3OS. The molecule has 3 rings (SSSR count). The molecule has 0 saturated carbocycles. The fourth-order valence-corrected chi connectivity index (χ4v) is 3.92. The fourth-order valence-electron chi connectivity index (χ4n) is 3.12. The second kappa shape index (κ2) is 8.54. The number of halogens is 1. The van der Waals surface area contributed by atoms with Gasteiger partial charge in [-0.2, -0.15) is 0 Å². The van der Waals surface area contributed by atoms with Crippen molar-refractivity contribution in [3.8, 4) is 0 Å². The summed E-state index contributed by atoms with van der Waals surface area (Å²) in [4.78, 5) is 19.0. The number of carbonyl (C=O) groups excluding carboxylic acids is 1. The maximum absolute atomic E-state index is 13.0. The molecule has 1 aliphatic rings. The number of likely N-dealkylation sites (tertiary alicyclic amines) is 1. The zero-order chi connectivity index (χ0) is 17.6. The highest BCUT2D eigenvalue weighted by molar-refractivity contribution is 7.09. The number of piperidine rings is 1. The smallest absolute Gasteiger partial charge is 0.273 e. The highest BCUT2D eigenvalue weighted by atomic mass is 32.1. The molecule has 1 aromatic carbocycles. The first-order valence-corrected chi connectivity index (χ1v) is 9.72. The summed E-state index contributed by atoms with van der Waals surface area (Å²) in [6.07, 6.45) is 2.72. The van der Waals surface area contributed by atoms with Crippen LogP contribution in [0.2, 0.25) is 0 Å². The van der Waals surface area contributed by atoms with Crippen LogP contribution in [0.5, 0.6) is 0 Å². The summed E-state index contributed by atoms with van der Waals surface area (Å²) in [6.45, 7) is 5.76. The van der Waals surface area contributed by atoms with E-state index in [1.54, 1.807) is 12.1 Å². The minimum absolute atomic E-state index is 0.0310. The van der Waals surface area contributed by atoms with E-state index in [0.717, 1.165) is 49.6 Å². The lowest BCUT2D eigenvalue weighted by atomic mass is 9.96. The van der Waals surface area contributed by atoms with Gasteiger partial charge in [0.05, 0.1) is 5.01 Å². The van der Waals surface area contributed by atoms with Crippen molar-refractivity contribution >= 4 is 17.2 Å². The van der Waals surface area contributed by atoms with Gasteiger partial charge in [-0.25, -0.2) is 9.37 Å². The molecule has 25 heavy (non-hydrogen) atoms. The fraction of sp³-hybridized carbons (Fsp3) is 0.474. The van der Waals surface area contributed by atoms with Crippen molar-refractivity contribution in [3.63, 3.8) is 0 Å². The highest BCUT2D eigenvalue weighted by Crippen LogP contribution is 2.20. The summed E-state index contributed by atoms with van der Waals surface area (Å²) in [5.74, 6) is 0.452. The predicted octanol–water partition coefficient (Wildman–Crippen LogP) is 3.33. The van der Waals surface area contributed by atoms with Gasteiger partial charge < -0.3 is 10.2 Å². The molecule has 0 atom stereocenters. The van der Waals surface area contributed by atoms with Gasteiger partial charge in [-0.1, -0.05) is 19.1 Å². The molecule has 6 heteroatoms. The molecule has 0 bridgehead atoms. The van der Waals surface area contributed by atoms with Crippen molar-refractivity contribution in [1.82, 2.24) is 15.2 Å². The minimum atomic E-state index is -0.240. The second-order valence-corrected chi connectivity index (χ2v) is 7.42. The van der Waals surface area contributed by atoms with E-state index in [0.29, 0.717) is 18.0 Å². The molecule has 0 radical (unpaired) electrons. The lowest BCUT2D eigenvalue weighted by Crippen LogP contribution is -2.40. The van der Waals surface area contributed by atoms with Gasteiger partial charge in [-0.15, -0.1) is 11.3 Å². The maximum atomic E-state index is 13.0. The van der Waals surface area contributed by atoms with Gasteiger partial charge in [-0.3, -0.25) is 4.79 Å². The Bertz CT molecular complexity index is 693. The predicted molar refractivity (Wildman–Crippen MR) is 98.5 cm³/mol. The standard InChI is InChI=1S/C19H24FN3OS/c1-2-21-12-15-7-9-23(10-8-15)19(24)17-13-25-18(22-17)11-14-3-5-16(20)6-4-14/h3-6,13,15,21H,2,7-12H2,1H3. The second-order valence-electron chi connectivity index (χ2n) is 6.47. The third kappa shape index (κ3) is 4.86. The maximum Gasteiger partial charge on any atom is 0.273 e. The van der Waals surface area contributed by atoms with Crippen LogP contribution in [-0.2, 0) is 6.42 Å². The number of nitrogens with zero attached hydrogens (tertiary/aromatic N) is 2. The first-order valence-electron chi connectivity index (χ1n) is 8.84. The Morgan fingerprint density at radius 3 is 2.72 bits per heavy atom. The molecule has 2 aromatic rings. The summed E-state index contributed by atoms with van der Waals surface area (Å²) >= 11 is 1.49. The number of benzene rings is 1. The van der Waals surface area contributed by atoms with E-state index in [1.165, 1.54) is 23.5 Å². The average molecular weight is 361 g/mol. The zero-order valence-corrected chi connectivity index (χ0v) is 15.3. The van der Waals surface area contributed by atoms with Crippen LogP contribution < -0.4 is 5.32 Å². The molecule has 134 valence electrons. The van der Waals surface area contributed by atoms with Crippen molar-refractivity contribution in [3.05, 3.63) is 51.7 Å². The Morgan fingerprint density at radius 2 is 2.04 bits per heavy atom. The summed E-state index contributed by atoms with van der Waals surface area (Å²) in [5, 5.41) is 6.11. The molecule has 1 fully saturated rings. The van der Waals surface area contributed by atoms with E-state index in [2.05, 4.69) is 17.2 Å². The molecule has 0 unspecified atom stereocenters. The van der Waals surface area contributed by atoms with Gasteiger partial charge >= 0.3 is 0 Å². The van der Waals surface area contributed by atoms with Gasteiger partial charge in [0, 0.05) is 24.9 Å². The van der Waals surface area contributed by atoms with Crippen LogP contribution in [0, 0.1) is 11.7 Å². The highest BCUT2D eigenvalue weighted by Gasteiger charge is 2.24. The van der Waals surface area contributed by atoms with E-state index >= 15 is 0 Å². The summed E-state index contributed by atoms with van der Waals surface area (Å²) in [5.41, 5.74) is 1.53. The lowest BCUT2D eigenvalue weighted by molar-refractivity contribution is 0.0685. The van der Waals surface area contributed by atoms with Crippen molar-refractivity contribution in [1.29, 1.82) is 0 Å². The molecule has 1 aromatic heterocycles. The lowest BCUT2D eigenvalue weighted by Gasteiger charge is -2.31. The van der Waals surface area contributed by atoms with E-state index in [1.807, 2.05) is 10.3 Å². The van der Waals surface area contributed by atoms with Gasteiger partial charge in [0.1, 0.15) is 11.5 Å². The van der Waals surface area contributed by atoms with E-state index in [4.69, 9.17) is 0 Å². The topological polar surface area (TPSA) is 45.2 Å². The number of thiazole rings is 1. The van der Waals surface area contributed by atoms with Crippen LogP contribution in [0.25, 0.3) is 0 Å². The Hall–Kier alpha value is -1.79. The van der Waals surface area contributed by atoms with Gasteiger partial charge in [-0.05, 0) is 49.5 Å². The molecule has 0 spiro atoms. The number of aromatic nitrogens is 1. The normalized spacial score (nSPS) is 15.5. The third-order valence-electron chi connectivity index (χ3n) is 4.62. The van der Waals surface area contributed by atoms with E-state index in [9.17, 15) is 9.18 Å². The molecule has 1 saturated heterocycles. The third-order valence-corrected chi connectivity index (χ3v) is 5.47. The van der Waals surface area contributed by atoms with Gasteiger partial charge in [0.25, 0.3) is 5.91 Å². The van der Waals surface area contributed by atoms with Crippen molar-refractivity contribution in [2.24, 2.45) is 5.92 Å². The summed E-state index contributed by atoms with van der Waals surface area (Å²) in [6, 6.07) is 6.42. The van der Waals surface area contributed by atoms with Crippen LogP contribution in [0.1, 0.15) is 40.8 Å². The van der Waals surface area contributed by atoms with Gasteiger partial charge in [0.15, 0.2) is 0 Å². The molecule has 2 heterocycles. The summed E-state index contributed by atoms with van der Waals surface area (Å²) < 4.78 is 13.0. The molecule has 0 aliphatic carbocycles. The Balaban J connectivity index is 1.55. The number of hydrogen-bond acceptors (Lipinski definition) is 4. The molecule has 1 amide bonds. The van der Waals surface area contributed by atoms with Crippen molar-refractivity contribution in [2.45, 2.75) is 26.2 Å². The first kappa shape index (κ1) is 18.0. The largest absolute Gasteiger partial charge is 0.337 e. The van der Waals surface area contributed by atoms with Crippen LogP contribution >= 0.6 is 11.3 Å². The minimum Gasteiger partial charge on any atom is -0.337 e. The number of nitrogens with one attached hydrogen (secondary N) is 1. The van der Waals surface area contributed by atoms with E-state index in [-0.39, 0.29) is 11.7 Å². The number of carbonyl (C=O) groups is 1. The number of hydrogen-bond donors (Lipinski definition) is 1. The molecule has 1 N–H and O–H groups in total. The Labute approximate surface area is 152 Å². The van der Waals surface area contributed by atoms with Gasteiger partial charge in [0.2, 0.25) is 0 Å². The van der Waals surface area contributed by atoms with Crippen molar-refractivity contribution in [2.75, 3.05) is 26.2 Å². The van der Waals surface area contributed by atoms with E-state index < -0.39 is 0 Å². The zero-order valence-electron chi connectivity index (χ0n) is 14.5. The quantitative estimate of drug-likeness (QED) is 0.858.